The van der Waals surface area contributed by atoms with Gasteiger partial charge in [0.2, 0.25) is 0 Å². The molecule has 0 atom stereocenters. The maximum Gasteiger partial charge on any atom is 0.330 e. The molecule has 0 spiro atoms. The van der Waals surface area contributed by atoms with Crippen LogP contribution in [0, 0.1) is 0 Å². The third kappa shape index (κ3) is 4.31. The van der Waals surface area contributed by atoms with Crippen LogP contribution in [0.5, 0.6) is 0 Å². The minimum atomic E-state index is -0.313. The van der Waals surface area contributed by atoms with Crippen molar-refractivity contribution in [3.8, 4) is 0 Å². The second-order valence-electron chi connectivity index (χ2n) is 3.79. The fourth-order valence-corrected chi connectivity index (χ4v) is 1.62. The van der Waals surface area contributed by atoms with Crippen molar-refractivity contribution in [2.24, 2.45) is 0 Å². The Morgan fingerprint density at radius 3 is 2.82 bits per heavy atom. The van der Waals surface area contributed by atoms with Crippen LogP contribution >= 0.6 is 0 Å². The minimum Gasteiger partial charge on any atom is -0.463 e. The number of nitrogen functional groups attached to an aromatic ring is 1. The molecule has 0 bridgehead atoms. The first kappa shape index (κ1) is 13.3. The number of benzene rings is 1. The van der Waals surface area contributed by atoms with Crippen molar-refractivity contribution in [2.45, 2.75) is 26.7 Å². The number of rotatable bonds is 5. The summed E-state index contributed by atoms with van der Waals surface area (Å²) in [6.45, 7) is 4.30. The van der Waals surface area contributed by atoms with Gasteiger partial charge >= 0.3 is 5.97 Å². The van der Waals surface area contributed by atoms with Crippen LogP contribution in [0.4, 0.5) is 5.69 Å². The van der Waals surface area contributed by atoms with Crippen LogP contribution in [0.15, 0.2) is 24.3 Å². The zero-order valence-corrected chi connectivity index (χ0v) is 10.4. The lowest BCUT2D eigenvalue weighted by molar-refractivity contribution is -0.137. The summed E-state index contributed by atoms with van der Waals surface area (Å²) in [6.07, 6.45) is 5.23. The standard InChI is InChI=1S/C14H19NO2/c1-3-5-12-10-13(15)8-6-11(12)7-9-14(16)17-4-2/h6-10H,3-5,15H2,1-2H3/b9-7+. The molecule has 0 aromatic heterocycles. The molecule has 0 amide bonds. The van der Waals surface area contributed by atoms with Crippen LogP contribution in [0.25, 0.3) is 6.08 Å². The number of esters is 1. The van der Waals surface area contributed by atoms with Crippen molar-refractivity contribution in [3.63, 3.8) is 0 Å². The van der Waals surface area contributed by atoms with Gasteiger partial charge in [0.15, 0.2) is 0 Å². The molecule has 3 heteroatoms. The average Bonchev–Trinajstić information content (AvgIpc) is 2.29. The van der Waals surface area contributed by atoms with E-state index in [0.29, 0.717) is 6.61 Å². The Labute approximate surface area is 102 Å². The van der Waals surface area contributed by atoms with E-state index in [-0.39, 0.29) is 5.97 Å². The van der Waals surface area contributed by atoms with Crippen molar-refractivity contribution in [1.82, 2.24) is 0 Å². The second-order valence-corrected chi connectivity index (χ2v) is 3.79. The van der Waals surface area contributed by atoms with Crippen LogP contribution in [0.3, 0.4) is 0 Å². The number of ether oxygens (including phenoxy) is 1. The molecule has 92 valence electrons. The van der Waals surface area contributed by atoms with Crippen LogP contribution in [-0.2, 0) is 16.0 Å². The summed E-state index contributed by atoms with van der Waals surface area (Å²) in [5.41, 5.74) is 8.68. The topological polar surface area (TPSA) is 52.3 Å². The Hall–Kier alpha value is -1.77. The van der Waals surface area contributed by atoms with Crippen molar-refractivity contribution in [2.75, 3.05) is 12.3 Å². The first-order valence-electron chi connectivity index (χ1n) is 5.90. The van der Waals surface area contributed by atoms with Gasteiger partial charge in [0.25, 0.3) is 0 Å². The summed E-state index contributed by atoms with van der Waals surface area (Å²) >= 11 is 0. The Morgan fingerprint density at radius 1 is 1.41 bits per heavy atom. The average molecular weight is 233 g/mol. The monoisotopic (exact) mass is 233 g/mol. The first-order chi connectivity index (χ1) is 8.17. The van der Waals surface area contributed by atoms with Gasteiger partial charge in [-0.2, -0.15) is 0 Å². The van der Waals surface area contributed by atoms with Crippen molar-refractivity contribution >= 4 is 17.7 Å². The summed E-state index contributed by atoms with van der Waals surface area (Å²) in [4.78, 5) is 11.2. The normalized spacial score (nSPS) is 10.7. The van der Waals surface area contributed by atoms with Gasteiger partial charge in [-0.1, -0.05) is 19.4 Å². The molecule has 0 saturated carbocycles. The van der Waals surface area contributed by atoms with Crippen molar-refractivity contribution < 1.29 is 9.53 Å². The molecule has 0 heterocycles. The van der Waals surface area contributed by atoms with Gasteiger partial charge in [-0.3, -0.25) is 0 Å². The molecule has 0 aliphatic carbocycles. The molecule has 17 heavy (non-hydrogen) atoms. The Balaban J connectivity index is 2.85. The second kappa shape index (κ2) is 6.74. The Bertz CT molecular complexity index is 411. The number of carbonyl (C=O) groups is 1. The molecule has 3 nitrogen and oxygen atoms in total. The molecule has 0 aliphatic rings. The summed E-state index contributed by atoms with van der Waals surface area (Å²) in [6, 6.07) is 5.72. The molecule has 0 aliphatic heterocycles. The Kier molecular flexibility index (Phi) is 5.27. The van der Waals surface area contributed by atoms with E-state index in [9.17, 15) is 4.79 Å². The quantitative estimate of drug-likeness (QED) is 0.483. The van der Waals surface area contributed by atoms with E-state index in [1.807, 2.05) is 18.2 Å². The fourth-order valence-electron chi connectivity index (χ4n) is 1.62. The predicted molar refractivity (Wildman–Crippen MR) is 70.5 cm³/mol. The zero-order chi connectivity index (χ0) is 12.7. The third-order valence-corrected chi connectivity index (χ3v) is 2.37. The molecule has 0 saturated heterocycles. The van der Waals surface area contributed by atoms with Gasteiger partial charge in [0, 0.05) is 11.8 Å². The van der Waals surface area contributed by atoms with E-state index in [1.165, 1.54) is 6.08 Å². The van der Waals surface area contributed by atoms with Crippen molar-refractivity contribution in [3.05, 3.63) is 35.4 Å². The van der Waals surface area contributed by atoms with E-state index >= 15 is 0 Å². The number of nitrogens with two attached hydrogens (primary N) is 1. The van der Waals surface area contributed by atoms with E-state index in [2.05, 4.69) is 6.92 Å². The van der Waals surface area contributed by atoms with Gasteiger partial charge in [-0.05, 0) is 42.7 Å². The van der Waals surface area contributed by atoms with E-state index in [1.54, 1.807) is 13.0 Å². The first-order valence-corrected chi connectivity index (χ1v) is 5.90. The number of anilines is 1. The highest BCUT2D eigenvalue weighted by Crippen LogP contribution is 2.17. The minimum absolute atomic E-state index is 0.313. The number of carbonyl (C=O) groups excluding carboxylic acids is 1. The van der Waals surface area contributed by atoms with E-state index in [0.717, 1.165) is 29.7 Å². The third-order valence-electron chi connectivity index (χ3n) is 2.37. The summed E-state index contributed by atoms with van der Waals surface area (Å²) in [5, 5.41) is 0. The van der Waals surface area contributed by atoms with Crippen molar-refractivity contribution in [1.29, 1.82) is 0 Å². The number of hydrogen-bond donors (Lipinski definition) is 1. The number of aryl methyl sites for hydroxylation is 1. The van der Waals surface area contributed by atoms with Gasteiger partial charge < -0.3 is 10.5 Å². The zero-order valence-electron chi connectivity index (χ0n) is 10.4. The smallest absolute Gasteiger partial charge is 0.330 e. The molecule has 0 radical (unpaired) electrons. The molecule has 1 rings (SSSR count). The highest BCUT2D eigenvalue weighted by atomic mass is 16.5. The highest BCUT2D eigenvalue weighted by Gasteiger charge is 2.01. The van der Waals surface area contributed by atoms with E-state index < -0.39 is 0 Å². The SMILES string of the molecule is CCCc1cc(N)ccc1/C=C/C(=O)OCC. The summed E-state index contributed by atoms with van der Waals surface area (Å²) in [7, 11) is 0. The maximum atomic E-state index is 11.2. The predicted octanol–water partition coefficient (Wildman–Crippen LogP) is 2.80. The summed E-state index contributed by atoms with van der Waals surface area (Å²) < 4.78 is 4.84. The van der Waals surface area contributed by atoms with Gasteiger partial charge in [0.1, 0.15) is 0 Å². The fraction of sp³-hybridized carbons (Fsp3) is 0.357. The molecule has 2 N–H and O–H groups in total. The molecular formula is C14H19NO2. The van der Waals surface area contributed by atoms with Gasteiger partial charge in [-0.25, -0.2) is 4.79 Å². The molecule has 1 aromatic carbocycles. The maximum absolute atomic E-state index is 11.2. The lowest BCUT2D eigenvalue weighted by Gasteiger charge is -2.06. The summed E-state index contributed by atoms with van der Waals surface area (Å²) in [5.74, 6) is -0.313. The van der Waals surface area contributed by atoms with E-state index in [4.69, 9.17) is 10.5 Å². The molecule has 1 aromatic rings. The Morgan fingerprint density at radius 2 is 2.18 bits per heavy atom. The van der Waals surface area contributed by atoms with Gasteiger partial charge in [-0.15, -0.1) is 0 Å². The lowest BCUT2D eigenvalue weighted by atomic mass is 10.0. The number of hydrogen-bond acceptors (Lipinski definition) is 3. The van der Waals surface area contributed by atoms with Crippen LogP contribution < -0.4 is 5.73 Å². The van der Waals surface area contributed by atoms with Crippen LogP contribution in [-0.4, -0.2) is 12.6 Å². The molecular weight excluding hydrogens is 214 g/mol. The van der Waals surface area contributed by atoms with Gasteiger partial charge in [0.05, 0.1) is 6.61 Å². The molecule has 0 unspecified atom stereocenters. The molecule has 0 fully saturated rings. The largest absolute Gasteiger partial charge is 0.463 e. The lowest BCUT2D eigenvalue weighted by Crippen LogP contribution is -1.99. The highest BCUT2D eigenvalue weighted by molar-refractivity contribution is 5.87. The van der Waals surface area contributed by atoms with Crippen LogP contribution in [0.2, 0.25) is 0 Å². The van der Waals surface area contributed by atoms with Crippen LogP contribution in [0.1, 0.15) is 31.4 Å².